The second-order valence-corrected chi connectivity index (χ2v) is 4.92. The molecule has 0 radical (unpaired) electrons. The molecule has 1 N–H and O–H groups in total. The van der Waals surface area contributed by atoms with E-state index in [0.717, 1.165) is 30.9 Å². The highest BCUT2D eigenvalue weighted by Crippen LogP contribution is 2.30. The lowest BCUT2D eigenvalue weighted by Gasteiger charge is -2.33. The first-order chi connectivity index (χ1) is 8.08. The molecule has 0 aromatic heterocycles. The topological polar surface area (TPSA) is 32.7 Å². The van der Waals surface area contributed by atoms with Gasteiger partial charge >= 0.3 is 0 Å². The third-order valence-corrected chi connectivity index (χ3v) is 3.34. The van der Waals surface area contributed by atoms with E-state index >= 15 is 0 Å². The molecule has 0 amide bonds. The fourth-order valence-corrected chi connectivity index (χ4v) is 2.39. The van der Waals surface area contributed by atoms with Gasteiger partial charge in [-0.3, -0.25) is 0 Å². The van der Waals surface area contributed by atoms with Gasteiger partial charge in [0.05, 0.1) is 29.5 Å². The largest absolute Gasteiger partial charge is 0.389 e. The molecule has 1 saturated heterocycles. The van der Waals surface area contributed by atoms with Crippen molar-refractivity contribution in [1.29, 1.82) is 0 Å². The van der Waals surface area contributed by atoms with Gasteiger partial charge in [-0.05, 0) is 31.5 Å². The van der Waals surface area contributed by atoms with Crippen LogP contribution in [0.4, 0.5) is 5.69 Å². The van der Waals surface area contributed by atoms with E-state index in [4.69, 9.17) is 16.3 Å². The predicted molar refractivity (Wildman–Crippen MR) is 69.7 cm³/mol. The molecule has 0 saturated carbocycles. The highest BCUT2D eigenvalue weighted by molar-refractivity contribution is 6.33. The summed E-state index contributed by atoms with van der Waals surface area (Å²) in [6, 6.07) is 5.73. The number of benzene rings is 1. The minimum Gasteiger partial charge on any atom is -0.389 e. The Bertz CT molecular complexity index is 395. The molecule has 1 aromatic rings. The number of ether oxygens (including phenoxy) is 1. The van der Waals surface area contributed by atoms with Crippen molar-refractivity contribution in [2.75, 3.05) is 24.6 Å². The van der Waals surface area contributed by atoms with Crippen LogP contribution in [0.3, 0.4) is 0 Å². The molecular weight excluding hydrogens is 238 g/mol. The summed E-state index contributed by atoms with van der Waals surface area (Å²) in [5, 5.41) is 10.2. The van der Waals surface area contributed by atoms with Crippen molar-refractivity contribution >= 4 is 17.3 Å². The zero-order valence-electron chi connectivity index (χ0n) is 10.2. The Kier molecular flexibility index (Phi) is 3.92. The third-order valence-electron chi connectivity index (χ3n) is 3.04. The van der Waals surface area contributed by atoms with Gasteiger partial charge in [-0.2, -0.15) is 0 Å². The van der Waals surface area contributed by atoms with Crippen molar-refractivity contribution in [3.8, 4) is 0 Å². The van der Waals surface area contributed by atoms with E-state index in [2.05, 4.69) is 11.8 Å². The van der Waals surface area contributed by atoms with Crippen LogP contribution in [0.15, 0.2) is 18.2 Å². The summed E-state index contributed by atoms with van der Waals surface area (Å²) in [5.41, 5.74) is 1.87. The van der Waals surface area contributed by atoms with Gasteiger partial charge < -0.3 is 14.7 Å². The number of rotatable bonds is 2. The summed E-state index contributed by atoms with van der Waals surface area (Å²) >= 11 is 6.26. The fraction of sp³-hybridized carbons (Fsp3) is 0.538. The van der Waals surface area contributed by atoms with Crippen LogP contribution >= 0.6 is 11.6 Å². The van der Waals surface area contributed by atoms with Crippen LogP contribution in [-0.4, -0.2) is 30.9 Å². The standard InChI is InChI=1S/C13H18ClNO2/c1-9-8-15(5-6-17-9)13-4-3-11(10(2)16)7-12(13)14/h3-4,7,9-10,16H,5-6,8H2,1-2H3. The van der Waals surface area contributed by atoms with Crippen LogP contribution in [0.25, 0.3) is 0 Å². The van der Waals surface area contributed by atoms with Crippen molar-refractivity contribution in [3.63, 3.8) is 0 Å². The maximum absolute atomic E-state index is 9.50. The van der Waals surface area contributed by atoms with Gasteiger partial charge in [-0.1, -0.05) is 17.7 Å². The van der Waals surface area contributed by atoms with Crippen molar-refractivity contribution in [2.24, 2.45) is 0 Å². The summed E-state index contributed by atoms with van der Waals surface area (Å²) in [6.07, 6.45) is -0.249. The summed E-state index contributed by atoms with van der Waals surface area (Å²) in [5.74, 6) is 0. The number of morpholine rings is 1. The molecule has 2 unspecified atom stereocenters. The monoisotopic (exact) mass is 255 g/mol. The molecule has 1 fully saturated rings. The number of nitrogens with zero attached hydrogens (tertiary/aromatic N) is 1. The molecule has 0 aliphatic carbocycles. The van der Waals surface area contributed by atoms with Gasteiger partial charge in [0, 0.05) is 13.1 Å². The van der Waals surface area contributed by atoms with Crippen LogP contribution in [0.1, 0.15) is 25.5 Å². The highest BCUT2D eigenvalue weighted by Gasteiger charge is 2.19. The van der Waals surface area contributed by atoms with Crippen LogP contribution in [0.2, 0.25) is 5.02 Å². The van der Waals surface area contributed by atoms with Gasteiger partial charge in [0.15, 0.2) is 0 Å². The number of aliphatic hydroxyl groups is 1. The van der Waals surface area contributed by atoms with E-state index in [-0.39, 0.29) is 6.10 Å². The van der Waals surface area contributed by atoms with Crippen molar-refractivity contribution < 1.29 is 9.84 Å². The van der Waals surface area contributed by atoms with Crippen molar-refractivity contribution in [3.05, 3.63) is 28.8 Å². The zero-order chi connectivity index (χ0) is 12.4. The summed E-state index contributed by atoms with van der Waals surface area (Å²) < 4.78 is 5.51. The summed E-state index contributed by atoms with van der Waals surface area (Å²) in [4.78, 5) is 2.22. The maximum Gasteiger partial charge on any atom is 0.0762 e. The molecule has 94 valence electrons. The van der Waals surface area contributed by atoms with E-state index in [1.807, 2.05) is 18.2 Å². The Hall–Kier alpha value is -0.770. The number of aliphatic hydroxyl groups excluding tert-OH is 1. The van der Waals surface area contributed by atoms with Gasteiger partial charge in [0.2, 0.25) is 0 Å². The number of anilines is 1. The molecule has 0 bridgehead atoms. The van der Waals surface area contributed by atoms with Crippen LogP contribution in [-0.2, 0) is 4.74 Å². The van der Waals surface area contributed by atoms with E-state index in [0.29, 0.717) is 5.02 Å². The molecule has 17 heavy (non-hydrogen) atoms. The van der Waals surface area contributed by atoms with Crippen molar-refractivity contribution in [2.45, 2.75) is 26.1 Å². The fourth-order valence-electron chi connectivity index (χ4n) is 2.08. The van der Waals surface area contributed by atoms with Gasteiger partial charge in [-0.25, -0.2) is 0 Å². The molecular formula is C13H18ClNO2. The zero-order valence-corrected chi connectivity index (χ0v) is 10.9. The van der Waals surface area contributed by atoms with Gasteiger partial charge in [-0.15, -0.1) is 0 Å². The Morgan fingerprint density at radius 1 is 1.53 bits per heavy atom. The number of hydrogen-bond acceptors (Lipinski definition) is 3. The molecule has 0 spiro atoms. The first-order valence-corrected chi connectivity index (χ1v) is 6.30. The average Bonchev–Trinajstić information content (AvgIpc) is 2.28. The SMILES string of the molecule is CC1CN(c2ccc(C(C)O)cc2Cl)CCO1. The van der Waals surface area contributed by atoms with Crippen LogP contribution in [0.5, 0.6) is 0 Å². The molecule has 1 aliphatic rings. The number of halogens is 1. The summed E-state index contributed by atoms with van der Waals surface area (Å²) in [6.45, 7) is 6.24. The Balaban J connectivity index is 2.21. The second-order valence-electron chi connectivity index (χ2n) is 4.51. The molecule has 2 rings (SSSR count). The minimum atomic E-state index is -0.481. The molecule has 4 heteroatoms. The van der Waals surface area contributed by atoms with Gasteiger partial charge in [0.25, 0.3) is 0 Å². The Morgan fingerprint density at radius 2 is 2.29 bits per heavy atom. The Morgan fingerprint density at radius 3 is 2.88 bits per heavy atom. The second kappa shape index (κ2) is 5.25. The van der Waals surface area contributed by atoms with E-state index < -0.39 is 6.10 Å². The number of hydrogen-bond donors (Lipinski definition) is 1. The quantitative estimate of drug-likeness (QED) is 0.882. The predicted octanol–water partition coefficient (Wildman–Crippen LogP) is 2.62. The van der Waals surface area contributed by atoms with Gasteiger partial charge in [0.1, 0.15) is 0 Å². The van der Waals surface area contributed by atoms with E-state index in [1.54, 1.807) is 6.92 Å². The lowest BCUT2D eigenvalue weighted by molar-refractivity contribution is 0.0532. The van der Waals surface area contributed by atoms with Crippen LogP contribution in [0, 0.1) is 0 Å². The molecule has 1 aliphatic heterocycles. The highest BCUT2D eigenvalue weighted by atomic mass is 35.5. The molecule has 2 atom stereocenters. The van der Waals surface area contributed by atoms with E-state index in [1.165, 1.54) is 0 Å². The normalized spacial score (nSPS) is 22.6. The van der Waals surface area contributed by atoms with Crippen LogP contribution < -0.4 is 4.90 Å². The Labute approximate surface area is 107 Å². The minimum absolute atomic E-state index is 0.233. The first kappa shape index (κ1) is 12.7. The van der Waals surface area contributed by atoms with Crippen molar-refractivity contribution in [1.82, 2.24) is 0 Å². The summed E-state index contributed by atoms with van der Waals surface area (Å²) in [7, 11) is 0. The smallest absolute Gasteiger partial charge is 0.0762 e. The molecule has 1 aromatic carbocycles. The average molecular weight is 256 g/mol. The molecule has 3 nitrogen and oxygen atoms in total. The molecule has 1 heterocycles. The third kappa shape index (κ3) is 2.92. The maximum atomic E-state index is 9.50. The lowest BCUT2D eigenvalue weighted by Crippen LogP contribution is -2.41. The first-order valence-electron chi connectivity index (χ1n) is 5.92. The lowest BCUT2D eigenvalue weighted by atomic mass is 10.1. The van der Waals surface area contributed by atoms with E-state index in [9.17, 15) is 5.11 Å².